The molecule has 0 bridgehead atoms. The predicted molar refractivity (Wildman–Crippen MR) is 195 cm³/mol. The number of hydrogen-bond donors (Lipinski definition) is 3. The smallest absolute Gasteiger partial charge is 0.469 e. The van der Waals surface area contributed by atoms with Gasteiger partial charge in [0.15, 0.2) is 0 Å². The summed E-state index contributed by atoms with van der Waals surface area (Å²) in [6.45, 7) is 23.6. The first-order valence-corrected chi connectivity index (χ1v) is 17.0. The highest BCUT2D eigenvalue weighted by Crippen LogP contribution is 1.83. The van der Waals surface area contributed by atoms with Crippen LogP contribution in [0.4, 0.5) is 9.59 Å². The van der Waals surface area contributed by atoms with Gasteiger partial charge in [-0.2, -0.15) is 11.8 Å². The van der Waals surface area contributed by atoms with Gasteiger partial charge < -0.3 is 44.4 Å². The molecular formula is C32H75N3O10S. The summed E-state index contributed by atoms with van der Waals surface area (Å²) in [4.78, 5) is 49.9. The molecule has 14 heteroatoms. The van der Waals surface area contributed by atoms with Gasteiger partial charge in [-0.05, 0) is 53.3 Å². The highest BCUT2D eigenvalue weighted by Gasteiger charge is 1.93. The molecule has 0 spiro atoms. The second-order valence-electron chi connectivity index (χ2n) is 7.44. The maximum absolute atomic E-state index is 10.1. The molecule has 0 aromatic rings. The molecule has 0 fully saturated rings. The molecule has 0 aliphatic rings. The third-order valence-electron chi connectivity index (χ3n) is 3.45. The van der Waals surface area contributed by atoms with Crippen LogP contribution in [0.15, 0.2) is 0 Å². The van der Waals surface area contributed by atoms with Crippen LogP contribution in [0.3, 0.4) is 0 Å². The van der Waals surface area contributed by atoms with E-state index in [0.717, 1.165) is 13.2 Å². The molecule has 0 rings (SSSR count). The molecule has 0 saturated carbocycles. The number of alkyl carbamates (subject to hydrolysis) is 1. The van der Waals surface area contributed by atoms with E-state index < -0.39 is 6.16 Å². The first-order chi connectivity index (χ1) is 21.7. The van der Waals surface area contributed by atoms with Gasteiger partial charge in [-0.1, -0.05) is 54.9 Å². The first-order valence-electron chi connectivity index (χ1n) is 15.6. The molecule has 13 nitrogen and oxygen atoms in total. The number of ketones is 1. The summed E-state index contributed by atoms with van der Waals surface area (Å²) in [5.41, 5.74) is 0. The number of carbonyl (C=O) groups excluding carboxylic acids is 5. The van der Waals surface area contributed by atoms with Gasteiger partial charge in [-0.15, -0.1) is 0 Å². The number of methoxy groups -OCH3 is 3. The lowest BCUT2D eigenvalue weighted by Gasteiger charge is -1.95. The summed E-state index contributed by atoms with van der Waals surface area (Å²) < 4.78 is 21.7. The molecule has 46 heavy (non-hydrogen) atoms. The van der Waals surface area contributed by atoms with Gasteiger partial charge in [0, 0.05) is 47.1 Å². The zero-order chi connectivity index (χ0) is 38.6. The molecule has 0 aliphatic heterocycles. The van der Waals surface area contributed by atoms with Crippen molar-refractivity contribution >= 4 is 41.7 Å². The average Bonchev–Trinajstić information content (AvgIpc) is 3.09. The molecule has 3 N–H and O–H groups in total. The van der Waals surface area contributed by atoms with E-state index in [0.29, 0.717) is 32.5 Å². The van der Waals surface area contributed by atoms with Crippen molar-refractivity contribution in [1.29, 1.82) is 0 Å². The zero-order valence-corrected chi connectivity index (χ0v) is 33.7. The Morgan fingerprint density at radius 2 is 1.00 bits per heavy atom. The van der Waals surface area contributed by atoms with E-state index in [4.69, 9.17) is 0 Å². The number of thioether (sulfide) groups is 1. The van der Waals surface area contributed by atoms with Gasteiger partial charge in [0.05, 0.1) is 27.4 Å². The van der Waals surface area contributed by atoms with Gasteiger partial charge >= 0.3 is 18.2 Å². The summed E-state index contributed by atoms with van der Waals surface area (Å²) in [5, 5.41) is 7.71. The Kier molecular flexibility index (Phi) is 113. The number of esters is 1. The number of Topliss-reactive ketones (excluding diaryl/α,β-unsaturated/α-hetero) is 1. The standard InChI is InChI=1S/C4H9NO2.C4H9NO.C4H8O3.C4H8O2.C4H8O.C3H9N.C3H8O.C3H8S.C3H8/c1-3-7-4(6)5-2;1-3-4(6)5-2;1-3-7-4(5)6-2;1-3-4(5)6-2;1-3-4(2)5;3*1-3-4-2;1-3-2/h3H2,1-2H3,(H,5,6);3H2,1-2H3,(H,5,6);3H2,1-2H3;3H2,1-2H3;3H2,1-2H3;4H,3H2,1-2H3;2*3H2,1-2H3;3H2,1-2H3. The van der Waals surface area contributed by atoms with Crippen LogP contribution in [-0.4, -0.2) is 111 Å². The van der Waals surface area contributed by atoms with Crippen LogP contribution in [-0.2, 0) is 38.1 Å². The van der Waals surface area contributed by atoms with E-state index in [1.54, 1.807) is 41.9 Å². The molecule has 0 heterocycles. The molecule has 284 valence electrons. The Balaban J connectivity index is -0.0000000484. The van der Waals surface area contributed by atoms with Crippen LogP contribution >= 0.6 is 11.8 Å². The van der Waals surface area contributed by atoms with Crippen molar-refractivity contribution in [1.82, 2.24) is 16.0 Å². The molecule has 0 aromatic carbocycles. The lowest BCUT2D eigenvalue weighted by molar-refractivity contribution is -0.140. The molecule has 0 aliphatic carbocycles. The van der Waals surface area contributed by atoms with Crippen molar-refractivity contribution < 1.29 is 47.7 Å². The number of carbonyl (C=O) groups is 5. The van der Waals surface area contributed by atoms with Crippen LogP contribution < -0.4 is 16.0 Å². The SMILES string of the molecule is CCC.CCC(=O)NC.CCC(=O)OC.CCC(C)=O.CCNC.CCOC.CCOC(=O)NC.CCOC(=O)OC.CCSC. The number of ether oxygens (including phenoxy) is 5. The van der Waals surface area contributed by atoms with Gasteiger partial charge in [0.2, 0.25) is 5.91 Å². The Morgan fingerprint density at radius 3 is 1.04 bits per heavy atom. The average molecular weight is 694 g/mol. The van der Waals surface area contributed by atoms with Crippen LogP contribution in [0.5, 0.6) is 0 Å². The maximum atomic E-state index is 10.1. The van der Waals surface area contributed by atoms with Crippen molar-refractivity contribution in [2.24, 2.45) is 0 Å². The second-order valence-corrected chi connectivity index (χ2v) is 8.59. The Hall–Kier alpha value is -2.58. The first kappa shape index (κ1) is 65.9. The Bertz CT molecular complexity index is 511. The van der Waals surface area contributed by atoms with E-state index in [1.165, 1.54) is 33.4 Å². The van der Waals surface area contributed by atoms with Gasteiger partial charge in [0.1, 0.15) is 5.78 Å². The third-order valence-corrected chi connectivity index (χ3v) is 4.03. The number of hydrogen-bond acceptors (Lipinski definition) is 12. The molecule has 0 aromatic heterocycles. The summed E-state index contributed by atoms with van der Waals surface area (Å²) in [6.07, 6.45) is 4.07. The fraction of sp³-hybridized carbons (Fsp3) is 0.844. The number of nitrogens with one attached hydrogen (secondary N) is 3. The monoisotopic (exact) mass is 694 g/mol. The maximum Gasteiger partial charge on any atom is 0.507 e. The zero-order valence-electron chi connectivity index (χ0n) is 32.9. The van der Waals surface area contributed by atoms with E-state index >= 15 is 0 Å². The Labute approximate surface area is 287 Å². The lowest BCUT2D eigenvalue weighted by atomic mass is 10.4. The van der Waals surface area contributed by atoms with Crippen molar-refractivity contribution in [3.05, 3.63) is 0 Å². The van der Waals surface area contributed by atoms with E-state index in [9.17, 15) is 24.0 Å². The molecule has 2 amide bonds. The van der Waals surface area contributed by atoms with E-state index in [1.807, 2.05) is 39.6 Å². The van der Waals surface area contributed by atoms with Crippen molar-refractivity contribution in [2.45, 2.75) is 102 Å². The van der Waals surface area contributed by atoms with Crippen LogP contribution in [0.25, 0.3) is 0 Å². The van der Waals surface area contributed by atoms with Crippen molar-refractivity contribution in [3.8, 4) is 0 Å². The predicted octanol–water partition coefficient (Wildman–Crippen LogP) is 6.51. The van der Waals surface area contributed by atoms with Crippen LogP contribution in [0.1, 0.15) is 102 Å². The number of rotatable bonds is 8. The highest BCUT2D eigenvalue weighted by atomic mass is 32.2. The largest absolute Gasteiger partial charge is 0.507 e. The lowest BCUT2D eigenvalue weighted by Crippen LogP contribution is -2.18. The minimum atomic E-state index is -0.623. The van der Waals surface area contributed by atoms with Gasteiger partial charge in [0.25, 0.3) is 0 Å². The topological polar surface area (TPSA) is 168 Å². The molecular weight excluding hydrogens is 618 g/mol. The molecule has 0 atom stereocenters. The van der Waals surface area contributed by atoms with Crippen molar-refractivity contribution in [2.75, 3.05) is 80.8 Å². The minimum absolute atomic E-state index is 0.0926. The second kappa shape index (κ2) is 78.6. The van der Waals surface area contributed by atoms with Crippen LogP contribution in [0, 0.1) is 0 Å². The van der Waals surface area contributed by atoms with E-state index in [-0.39, 0.29) is 23.8 Å². The van der Waals surface area contributed by atoms with Crippen LogP contribution in [0.2, 0.25) is 0 Å². The summed E-state index contributed by atoms with van der Waals surface area (Å²) in [7, 11) is 9.42. The molecule has 0 unspecified atom stereocenters. The fourth-order valence-electron chi connectivity index (χ4n) is 0.701. The summed E-state index contributed by atoms with van der Waals surface area (Å²) in [6, 6.07) is 0. The fourth-order valence-corrected chi connectivity index (χ4v) is 0.701. The Morgan fingerprint density at radius 1 is 0.630 bits per heavy atom. The van der Waals surface area contributed by atoms with Crippen molar-refractivity contribution in [3.63, 3.8) is 0 Å². The van der Waals surface area contributed by atoms with E-state index in [2.05, 4.69) is 73.6 Å². The highest BCUT2D eigenvalue weighted by molar-refractivity contribution is 7.98. The summed E-state index contributed by atoms with van der Waals surface area (Å²) in [5.74, 6) is 1.43. The molecule has 0 radical (unpaired) electrons. The van der Waals surface area contributed by atoms with Gasteiger partial charge in [-0.3, -0.25) is 9.59 Å². The molecule has 0 saturated heterocycles. The number of amides is 2. The van der Waals surface area contributed by atoms with Gasteiger partial charge in [-0.25, -0.2) is 9.59 Å². The minimum Gasteiger partial charge on any atom is -0.469 e. The third kappa shape index (κ3) is 162. The quantitative estimate of drug-likeness (QED) is 0.186. The summed E-state index contributed by atoms with van der Waals surface area (Å²) >= 11 is 1.86. The normalized spacial score (nSPS) is 7.52.